The summed E-state index contributed by atoms with van der Waals surface area (Å²) < 4.78 is 11.4. The van der Waals surface area contributed by atoms with Gasteiger partial charge in [0.25, 0.3) is 5.91 Å². The highest BCUT2D eigenvalue weighted by Crippen LogP contribution is 2.33. The molecule has 0 radical (unpaired) electrons. The Kier molecular flexibility index (Phi) is 5.47. The Balaban J connectivity index is 1.61. The normalized spacial score (nSPS) is 24.6. The zero-order valence-corrected chi connectivity index (χ0v) is 15.0. The first kappa shape index (κ1) is 18.0. The van der Waals surface area contributed by atoms with Gasteiger partial charge in [0.1, 0.15) is 5.76 Å². The summed E-state index contributed by atoms with van der Waals surface area (Å²) in [4.78, 5) is 25.9. The van der Waals surface area contributed by atoms with Crippen molar-refractivity contribution in [2.75, 3.05) is 19.7 Å². The molecule has 3 heterocycles. The van der Waals surface area contributed by atoms with Gasteiger partial charge in [0.05, 0.1) is 12.0 Å². The molecule has 0 aliphatic carbocycles. The maximum Gasteiger partial charge on any atom is 0.309 e. The van der Waals surface area contributed by atoms with Crippen LogP contribution in [0.2, 0.25) is 0 Å². The van der Waals surface area contributed by atoms with E-state index < -0.39 is 11.9 Å². The lowest BCUT2D eigenvalue weighted by Crippen LogP contribution is -2.43. The van der Waals surface area contributed by atoms with Crippen LogP contribution in [-0.2, 0) is 22.4 Å². The van der Waals surface area contributed by atoms with Gasteiger partial charge in [-0.3, -0.25) is 9.59 Å². The summed E-state index contributed by atoms with van der Waals surface area (Å²) in [6.45, 7) is 5.85. The van der Waals surface area contributed by atoms with E-state index in [9.17, 15) is 14.7 Å². The second kappa shape index (κ2) is 7.60. The average Bonchev–Trinajstić information content (AvgIpc) is 3.27. The zero-order chi connectivity index (χ0) is 18.0. The lowest BCUT2D eigenvalue weighted by Gasteiger charge is -2.35. The van der Waals surface area contributed by atoms with Gasteiger partial charge >= 0.3 is 5.97 Å². The standard InChI is InChI=1S/C19H27NO5/c1-3-12-11-16(25-15(12)4-2)18(21)20-8-5-13(6-9-20)17-14(19(22)23)7-10-24-17/h11,13-14,17H,3-10H2,1-2H3,(H,22,23)/t14-,17+/m1/s1. The molecule has 0 aromatic carbocycles. The molecule has 1 aromatic rings. The van der Waals surface area contributed by atoms with Crippen molar-refractivity contribution in [1.82, 2.24) is 4.90 Å². The van der Waals surface area contributed by atoms with E-state index in [-0.39, 0.29) is 17.9 Å². The summed E-state index contributed by atoms with van der Waals surface area (Å²) in [6, 6.07) is 1.87. The monoisotopic (exact) mass is 349 g/mol. The van der Waals surface area contributed by atoms with Gasteiger partial charge in [-0.15, -0.1) is 0 Å². The number of hydrogen-bond donors (Lipinski definition) is 1. The summed E-state index contributed by atoms with van der Waals surface area (Å²) in [6.07, 6.45) is 3.58. The van der Waals surface area contributed by atoms with Crippen LogP contribution in [-0.4, -0.2) is 47.7 Å². The molecule has 6 nitrogen and oxygen atoms in total. The van der Waals surface area contributed by atoms with E-state index in [4.69, 9.17) is 9.15 Å². The molecular formula is C19H27NO5. The van der Waals surface area contributed by atoms with E-state index in [2.05, 4.69) is 6.92 Å². The molecule has 2 aliphatic heterocycles. The lowest BCUT2D eigenvalue weighted by atomic mass is 9.84. The summed E-state index contributed by atoms with van der Waals surface area (Å²) >= 11 is 0. The number of carbonyl (C=O) groups excluding carboxylic acids is 1. The van der Waals surface area contributed by atoms with Crippen molar-refractivity contribution in [2.24, 2.45) is 11.8 Å². The van der Waals surface area contributed by atoms with Crippen molar-refractivity contribution in [3.05, 3.63) is 23.2 Å². The fourth-order valence-corrected chi connectivity index (χ4v) is 4.10. The molecule has 0 saturated carbocycles. The van der Waals surface area contributed by atoms with Crippen LogP contribution in [0.25, 0.3) is 0 Å². The van der Waals surface area contributed by atoms with Gasteiger partial charge in [-0.1, -0.05) is 13.8 Å². The van der Waals surface area contributed by atoms with E-state index in [1.807, 2.05) is 17.9 Å². The molecule has 138 valence electrons. The first-order chi connectivity index (χ1) is 12.0. The molecule has 3 rings (SSSR count). The fraction of sp³-hybridized carbons (Fsp3) is 0.684. The molecule has 0 unspecified atom stereocenters. The van der Waals surface area contributed by atoms with Gasteiger partial charge in [0.2, 0.25) is 0 Å². The molecule has 6 heteroatoms. The summed E-state index contributed by atoms with van der Waals surface area (Å²) in [5.41, 5.74) is 1.10. The number of carboxylic acid groups (broad SMARTS) is 1. The van der Waals surface area contributed by atoms with E-state index in [0.29, 0.717) is 31.9 Å². The molecule has 2 aliphatic rings. The Bertz CT molecular complexity index is 608. The van der Waals surface area contributed by atoms with Gasteiger partial charge in [0.15, 0.2) is 5.76 Å². The Morgan fingerprint density at radius 3 is 2.48 bits per heavy atom. The average molecular weight is 349 g/mol. The van der Waals surface area contributed by atoms with Crippen molar-refractivity contribution in [3.63, 3.8) is 0 Å². The minimum absolute atomic E-state index is 0.0602. The van der Waals surface area contributed by atoms with E-state index >= 15 is 0 Å². The third kappa shape index (κ3) is 3.59. The molecule has 1 N–H and O–H groups in total. The summed E-state index contributed by atoms with van der Waals surface area (Å²) in [5, 5.41) is 9.32. The molecule has 0 spiro atoms. The highest BCUT2D eigenvalue weighted by Gasteiger charge is 2.41. The van der Waals surface area contributed by atoms with Crippen LogP contribution in [0, 0.1) is 11.8 Å². The quantitative estimate of drug-likeness (QED) is 0.884. The van der Waals surface area contributed by atoms with Crippen LogP contribution < -0.4 is 0 Å². The first-order valence-corrected chi connectivity index (χ1v) is 9.30. The number of aryl methyl sites for hydroxylation is 2. The number of ether oxygens (including phenoxy) is 1. The predicted molar refractivity (Wildman–Crippen MR) is 91.6 cm³/mol. The minimum Gasteiger partial charge on any atom is -0.481 e. The number of carboxylic acids is 1. The molecule has 2 saturated heterocycles. The van der Waals surface area contributed by atoms with Crippen LogP contribution in [0.3, 0.4) is 0 Å². The van der Waals surface area contributed by atoms with Crippen LogP contribution in [0.1, 0.15) is 55.0 Å². The highest BCUT2D eigenvalue weighted by atomic mass is 16.5. The third-order valence-corrected chi connectivity index (χ3v) is 5.55. The number of aliphatic carboxylic acids is 1. The van der Waals surface area contributed by atoms with Crippen molar-refractivity contribution >= 4 is 11.9 Å². The van der Waals surface area contributed by atoms with Gasteiger partial charge in [-0.25, -0.2) is 0 Å². The predicted octanol–water partition coefficient (Wildman–Crippen LogP) is 2.75. The molecule has 0 bridgehead atoms. The number of rotatable bonds is 5. The van der Waals surface area contributed by atoms with E-state index in [0.717, 1.165) is 37.0 Å². The highest BCUT2D eigenvalue weighted by molar-refractivity contribution is 5.91. The van der Waals surface area contributed by atoms with Crippen molar-refractivity contribution in [2.45, 2.75) is 52.1 Å². The number of nitrogens with zero attached hydrogens (tertiary/aromatic N) is 1. The van der Waals surface area contributed by atoms with Crippen molar-refractivity contribution in [3.8, 4) is 0 Å². The second-order valence-corrected chi connectivity index (χ2v) is 6.96. The Labute approximate surface area is 148 Å². The van der Waals surface area contributed by atoms with E-state index in [1.165, 1.54) is 0 Å². The van der Waals surface area contributed by atoms with Crippen LogP contribution in [0.4, 0.5) is 0 Å². The first-order valence-electron chi connectivity index (χ1n) is 9.30. The Morgan fingerprint density at radius 1 is 1.20 bits per heavy atom. The maximum atomic E-state index is 12.7. The maximum absolute atomic E-state index is 12.7. The second-order valence-electron chi connectivity index (χ2n) is 6.96. The van der Waals surface area contributed by atoms with Crippen LogP contribution in [0.15, 0.2) is 10.5 Å². The number of amides is 1. The zero-order valence-electron chi connectivity index (χ0n) is 15.0. The molecule has 2 atom stereocenters. The van der Waals surface area contributed by atoms with Crippen molar-refractivity contribution < 1.29 is 23.8 Å². The van der Waals surface area contributed by atoms with Crippen molar-refractivity contribution in [1.29, 1.82) is 0 Å². The molecule has 2 fully saturated rings. The molecule has 1 amide bonds. The lowest BCUT2D eigenvalue weighted by molar-refractivity contribution is -0.145. The number of likely N-dealkylation sites (tertiary alicyclic amines) is 1. The number of hydrogen-bond acceptors (Lipinski definition) is 4. The van der Waals surface area contributed by atoms with Gasteiger partial charge in [0, 0.05) is 26.1 Å². The topological polar surface area (TPSA) is 80.0 Å². The fourth-order valence-electron chi connectivity index (χ4n) is 4.10. The van der Waals surface area contributed by atoms with E-state index in [1.54, 1.807) is 0 Å². The molecule has 25 heavy (non-hydrogen) atoms. The SMILES string of the molecule is CCc1cc(C(=O)N2CCC([C@@H]3OCC[C@H]3C(=O)O)CC2)oc1CC. The Morgan fingerprint density at radius 2 is 1.92 bits per heavy atom. The largest absolute Gasteiger partial charge is 0.481 e. The molecular weight excluding hydrogens is 322 g/mol. The van der Waals surface area contributed by atoms with Gasteiger partial charge in [-0.2, -0.15) is 0 Å². The summed E-state index contributed by atoms with van der Waals surface area (Å²) in [5.74, 6) is 0.293. The van der Waals surface area contributed by atoms with Gasteiger partial charge < -0.3 is 19.2 Å². The number of carbonyl (C=O) groups is 2. The van der Waals surface area contributed by atoms with Crippen LogP contribution in [0.5, 0.6) is 0 Å². The number of piperidine rings is 1. The molecule has 1 aromatic heterocycles. The number of furan rings is 1. The van der Waals surface area contributed by atoms with Gasteiger partial charge in [-0.05, 0) is 43.2 Å². The minimum atomic E-state index is -0.768. The third-order valence-electron chi connectivity index (χ3n) is 5.55. The van der Waals surface area contributed by atoms with Crippen LogP contribution >= 0.6 is 0 Å². The Hall–Kier alpha value is -1.82. The smallest absolute Gasteiger partial charge is 0.309 e. The summed E-state index contributed by atoms with van der Waals surface area (Å²) in [7, 11) is 0.